The number of halogens is 1. The standard InChI is InChI=1S/C19H27FN2O4S/c1-4-22(16-10-12-27(25,26)13-16)18(24)19(2,3)17(23)21-11-9-14-5-7-15(20)8-6-14/h5-8,16H,4,9-13H2,1-3H3,(H,21,23). The Balaban J connectivity index is 1.96. The number of hydrogen-bond donors (Lipinski definition) is 1. The molecule has 6 nitrogen and oxygen atoms in total. The third-order valence-electron chi connectivity index (χ3n) is 4.97. The second kappa shape index (κ2) is 8.37. The summed E-state index contributed by atoms with van der Waals surface area (Å²) in [6, 6.07) is 5.64. The van der Waals surface area contributed by atoms with E-state index in [9.17, 15) is 22.4 Å². The van der Waals surface area contributed by atoms with Crippen LogP contribution in [0.5, 0.6) is 0 Å². The second-order valence-electron chi connectivity index (χ2n) is 7.41. The predicted molar refractivity (Wildman–Crippen MR) is 101 cm³/mol. The summed E-state index contributed by atoms with van der Waals surface area (Å²) >= 11 is 0. The van der Waals surface area contributed by atoms with Crippen LogP contribution in [0, 0.1) is 11.2 Å². The Labute approximate surface area is 160 Å². The van der Waals surface area contributed by atoms with Gasteiger partial charge in [-0.2, -0.15) is 0 Å². The first-order valence-electron chi connectivity index (χ1n) is 9.11. The van der Waals surface area contributed by atoms with Crippen LogP contribution in [0.1, 0.15) is 32.8 Å². The lowest BCUT2D eigenvalue weighted by Crippen LogP contribution is -2.53. The van der Waals surface area contributed by atoms with Gasteiger partial charge in [0.1, 0.15) is 11.2 Å². The number of carbonyl (C=O) groups is 2. The van der Waals surface area contributed by atoms with Crippen LogP contribution in [0.2, 0.25) is 0 Å². The van der Waals surface area contributed by atoms with Crippen LogP contribution in [0.15, 0.2) is 24.3 Å². The maximum atomic E-state index is 12.9. The molecule has 0 bridgehead atoms. The number of amides is 2. The number of carbonyl (C=O) groups excluding carboxylic acids is 2. The Bertz CT molecular complexity index is 790. The molecule has 27 heavy (non-hydrogen) atoms. The number of sulfone groups is 1. The van der Waals surface area contributed by atoms with E-state index < -0.39 is 21.2 Å². The molecule has 150 valence electrons. The van der Waals surface area contributed by atoms with Gasteiger partial charge in [0.25, 0.3) is 0 Å². The molecule has 2 rings (SSSR count). The average molecular weight is 399 g/mol. The molecule has 0 radical (unpaired) electrons. The Morgan fingerprint density at radius 3 is 2.41 bits per heavy atom. The monoisotopic (exact) mass is 398 g/mol. The molecule has 1 aliphatic heterocycles. The molecule has 1 unspecified atom stereocenters. The number of nitrogens with zero attached hydrogens (tertiary/aromatic N) is 1. The summed E-state index contributed by atoms with van der Waals surface area (Å²) < 4.78 is 36.4. The summed E-state index contributed by atoms with van der Waals surface area (Å²) in [6.45, 7) is 5.56. The summed E-state index contributed by atoms with van der Waals surface area (Å²) in [5.41, 5.74) is -0.419. The molecule has 1 aromatic rings. The van der Waals surface area contributed by atoms with E-state index in [0.717, 1.165) is 5.56 Å². The maximum absolute atomic E-state index is 12.9. The zero-order chi connectivity index (χ0) is 20.2. The smallest absolute Gasteiger partial charge is 0.237 e. The van der Waals surface area contributed by atoms with Crippen molar-refractivity contribution in [3.05, 3.63) is 35.6 Å². The van der Waals surface area contributed by atoms with E-state index in [4.69, 9.17) is 0 Å². The minimum atomic E-state index is -3.12. The summed E-state index contributed by atoms with van der Waals surface area (Å²) in [7, 11) is -3.12. The van der Waals surface area contributed by atoms with Crippen molar-refractivity contribution in [2.75, 3.05) is 24.6 Å². The van der Waals surface area contributed by atoms with E-state index in [1.165, 1.54) is 17.0 Å². The highest BCUT2D eigenvalue weighted by Gasteiger charge is 2.43. The van der Waals surface area contributed by atoms with Gasteiger partial charge in [-0.15, -0.1) is 0 Å². The van der Waals surface area contributed by atoms with E-state index in [0.29, 0.717) is 25.9 Å². The quantitative estimate of drug-likeness (QED) is 0.707. The zero-order valence-corrected chi connectivity index (χ0v) is 16.8. The third kappa shape index (κ3) is 5.28. The van der Waals surface area contributed by atoms with Gasteiger partial charge in [-0.3, -0.25) is 9.59 Å². The summed E-state index contributed by atoms with van der Waals surface area (Å²) in [5, 5.41) is 2.75. The molecule has 0 spiro atoms. The normalized spacial score (nSPS) is 18.9. The molecule has 1 fully saturated rings. The van der Waals surface area contributed by atoms with Gasteiger partial charge in [-0.1, -0.05) is 12.1 Å². The lowest BCUT2D eigenvalue weighted by Gasteiger charge is -2.34. The lowest BCUT2D eigenvalue weighted by molar-refractivity contribution is -0.149. The molecule has 1 saturated heterocycles. The van der Waals surface area contributed by atoms with Crippen LogP contribution in [0.25, 0.3) is 0 Å². The Morgan fingerprint density at radius 2 is 1.89 bits per heavy atom. The average Bonchev–Trinajstić information content (AvgIpc) is 2.96. The number of nitrogens with one attached hydrogen (secondary N) is 1. The molecular weight excluding hydrogens is 371 g/mol. The minimum Gasteiger partial charge on any atom is -0.355 e. The molecule has 0 saturated carbocycles. The van der Waals surface area contributed by atoms with E-state index in [2.05, 4.69) is 5.32 Å². The molecule has 1 N–H and O–H groups in total. The third-order valence-corrected chi connectivity index (χ3v) is 6.72. The van der Waals surface area contributed by atoms with Crippen LogP contribution in [-0.4, -0.2) is 55.8 Å². The highest BCUT2D eigenvalue weighted by Crippen LogP contribution is 2.25. The molecule has 1 aliphatic rings. The van der Waals surface area contributed by atoms with Crippen molar-refractivity contribution in [3.8, 4) is 0 Å². The maximum Gasteiger partial charge on any atom is 0.237 e. The fourth-order valence-corrected chi connectivity index (χ4v) is 4.97. The Kier molecular flexibility index (Phi) is 6.62. The molecule has 1 atom stereocenters. The van der Waals surface area contributed by atoms with E-state index in [1.54, 1.807) is 32.9 Å². The van der Waals surface area contributed by atoms with Crippen molar-refractivity contribution in [2.45, 2.75) is 39.7 Å². The van der Waals surface area contributed by atoms with Crippen molar-refractivity contribution in [1.29, 1.82) is 0 Å². The molecule has 1 aromatic carbocycles. The molecule has 8 heteroatoms. The van der Waals surface area contributed by atoms with E-state index >= 15 is 0 Å². The summed E-state index contributed by atoms with van der Waals surface area (Å²) in [4.78, 5) is 27.0. The number of hydrogen-bond acceptors (Lipinski definition) is 4. The zero-order valence-electron chi connectivity index (χ0n) is 16.0. The minimum absolute atomic E-state index is 0.0468. The van der Waals surface area contributed by atoms with Gasteiger partial charge in [0.05, 0.1) is 11.5 Å². The van der Waals surface area contributed by atoms with Crippen LogP contribution in [0.4, 0.5) is 4.39 Å². The fourth-order valence-electron chi connectivity index (χ4n) is 3.24. The predicted octanol–water partition coefficient (Wildman–Crippen LogP) is 1.55. The Morgan fingerprint density at radius 1 is 1.26 bits per heavy atom. The molecule has 0 aliphatic carbocycles. The molecular formula is C19H27FN2O4S. The number of benzene rings is 1. The molecule has 0 aromatic heterocycles. The van der Waals surface area contributed by atoms with Gasteiger partial charge in [0, 0.05) is 19.1 Å². The lowest BCUT2D eigenvalue weighted by atomic mass is 9.89. The molecule has 2 amide bonds. The van der Waals surface area contributed by atoms with Gasteiger partial charge >= 0.3 is 0 Å². The van der Waals surface area contributed by atoms with Gasteiger partial charge in [0.15, 0.2) is 9.84 Å². The van der Waals surface area contributed by atoms with Crippen molar-refractivity contribution in [1.82, 2.24) is 10.2 Å². The van der Waals surface area contributed by atoms with Crippen LogP contribution >= 0.6 is 0 Å². The van der Waals surface area contributed by atoms with Crippen molar-refractivity contribution >= 4 is 21.7 Å². The summed E-state index contributed by atoms with van der Waals surface area (Å²) in [5.74, 6) is -1.07. The first-order chi connectivity index (χ1) is 12.6. The first-order valence-corrected chi connectivity index (χ1v) is 10.9. The fraction of sp³-hybridized carbons (Fsp3) is 0.579. The van der Waals surface area contributed by atoms with Gasteiger partial charge in [0.2, 0.25) is 11.8 Å². The Hall–Kier alpha value is -1.96. The first kappa shape index (κ1) is 21.3. The molecule has 1 heterocycles. The van der Waals surface area contributed by atoms with Crippen LogP contribution in [-0.2, 0) is 25.8 Å². The van der Waals surface area contributed by atoms with Crippen molar-refractivity contribution in [3.63, 3.8) is 0 Å². The van der Waals surface area contributed by atoms with Gasteiger partial charge in [-0.05, 0) is 51.3 Å². The van der Waals surface area contributed by atoms with Crippen LogP contribution < -0.4 is 5.32 Å². The van der Waals surface area contributed by atoms with Crippen molar-refractivity contribution < 1.29 is 22.4 Å². The van der Waals surface area contributed by atoms with Gasteiger partial charge < -0.3 is 10.2 Å². The highest BCUT2D eigenvalue weighted by atomic mass is 32.2. The van der Waals surface area contributed by atoms with E-state index in [1.807, 2.05) is 0 Å². The van der Waals surface area contributed by atoms with Crippen molar-refractivity contribution in [2.24, 2.45) is 5.41 Å². The SMILES string of the molecule is CCN(C(=O)C(C)(C)C(=O)NCCc1ccc(F)cc1)C1CCS(=O)(=O)C1. The summed E-state index contributed by atoms with van der Waals surface area (Å²) in [6.07, 6.45) is 0.929. The van der Waals surface area contributed by atoms with Gasteiger partial charge in [-0.25, -0.2) is 12.8 Å². The highest BCUT2D eigenvalue weighted by molar-refractivity contribution is 7.91. The largest absolute Gasteiger partial charge is 0.355 e. The number of rotatable bonds is 7. The topological polar surface area (TPSA) is 83.6 Å². The van der Waals surface area contributed by atoms with E-state index in [-0.39, 0.29) is 29.3 Å². The second-order valence-corrected chi connectivity index (χ2v) is 9.63. The van der Waals surface area contributed by atoms with Crippen LogP contribution in [0.3, 0.4) is 0 Å².